The molecule has 0 saturated carbocycles. The van der Waals surface area contributed by atoms with E-state index in [2.05, 4.69) is 5.32 Å². The van der Waals surface area contributed by atoms with Crippen molar-refractivity contribution in [2.24, 2.45) is 0 Å². The fraction of sp³-hybridized carbons (Fsp3) is 0.235. The number of benzene rings is 2. The van der Waals surface area contributed by atoms with Gasteiger partial charge in [0.15, 0.2) is 0 Å². The number of hydrogen-bond acceptors (Lipinski definition) is 4. The number of halogens is 3. The van der Waals surface area contributed by atoms with Crippen LogP contribution in [0.25, 0.3) is 0 Å². The van der Waals surface area contributed by atoms with Crippen LogP contribution in [-0.2, 0) is 14.8 Å². The molecule has 0 saturated heterocycles. The molecule has 0 aliphatic rings. The van der Waals surface area contributed by atoms with Crippen molar-refractivity contribution in [1.29, 1.82) is 0 Å². The molecule has 0 atom stereocenters. The second-order valence-corrected chi connectivity index (χ2v) is 8.62. The summed E-state index contributed by atoms with van der Waals surface area (Å²) in [4.78, 5) is 12.2. The average molecular weight is 452 g/mol. The van der Waals surface area contributed by atoms with Crippen molar-refractivity contribution >= 4 is 56.4 Å². The molecule has 6 nitrogen and oxygen atoms in total. The van der Waals surface area contributed by atoms with E-state index >= 15 is 0 Å². The van der Waals surface area contributed by atoms with Crippen molar-refractivity contribution in [2.75, 3.05) is 30.3 Å². The Balaban J connectivity index is 1.94. The monoisotopic (exact) mass is 450 g/mol. The van der Waals surface area contributed by atoms with Gasteiger partial charge in [-0.05, 0) is 36.4 Å². The van der Waals surface area contributed by atoms with E-state index in [0.717, 1.165) is 10.6 Å². The highest BCUT2D eigenvalue weighted by atomic mass is 35.5. The van der Waals surface area contributed by atoms with Crippen LogP contribution in [0.2, 0.25) is 15.1 Å². The number of ether oxygens (including phenoxy) is 1. The van der Waals surface area contributed by atoms with Crippen LogP contribution in [0.1, 0.15) is 0 Å². The van der Waals surface area contributed by atoms with Gasteiger partial charge in [0.05, 0.1) is 28.5 Å². The molecule has 146 valence electrons. The highest BCUT2D eigenvalue weighted by molar-refractivity contribution is 7.92. The third-order valence-electron chi connectivity index (χ3n) is 3.39. The number of nitrogens with one attached hydrogen (secondary N) is 1. The second-order valence-electron chi connectivity index (χ2n) is 5.49. The van der Waals surface area contributed by atoms with Crippen molar-refractivity contribution in [3.05, 3.63) is 57.5 Å². The Bertz CT molecular complexity index is 905. The molecule has 2 aromatic carbocycles. The first-order chi connectivity index (χ1) is 12.7. The number of nitrogens with zero attached hydrogens (tertiary/aromatic N) is 1. The van der Waals surface area contributed by atoms with Crippen LogP contribution in [0.4, 0.5) is 5.69 Å². The summed E-state index contributed by atoms with van der Waals surface area (Å²) in [5.74, 6) is 0.105. The number of hydrogen-bond donors (Lipinski definition) is 1. The first-order valence-electron chi connectivity index (χ1n) is 7.75. The standard InChI is InChI=1S/C17H17Cl3N2O4S/c1-27(24,25)22(15-4-2-3-14(19)17(15)20)11-16(23)21-9-10-26-13-7-5-12(18)6-8-13/h2-8H,9-11H2,1H3,(H,21,23). The zero-order valence-electron chi connectivity index (χ0n) is 14.3. The number of rotatable bonds is 8. The summed E-state index contributed by atoms with van der Waals surface area (Å²) in [6.07, 6.45) is 0.987. The predicted molar refractivity (Wildman–Crippen MR) is 109 cm³/mol. The quantitative estimate of drug-likeness (QED) is 0.622. The van der Waals surface area contributed by atoms with Crippen molar-refractivity contribution < 1.29 is 17.9 Å². The maximum absolute atomic E-state index is 12.2. The van der Waals surface area contributed by atoms with E-state index in [4.69, 9.17) is 39.5 Å². The Morgan fingerprint density at radius 2 is 1.78 bits per heavy atom. The summed E-state index contributed by atoms with van der Waals surface area (Å²) >= 11 is 17.8. The second kappa shape index (κ2) is 9.50. The molecule has 0 aliphatic carbocycles. The Labute approximate surface area is 173 Å². The molecule has 0 radical (unpaired) electrons. The zero-order chi connectivity index (χ0) is 20.0. The van der Waals surface area contributed by atoms with Gasteiger partial charge in [-0.25, -0.2) is 8.42 Å². The van der Waals surface area contributed by atoms with E-state index in [1.807, 2.05) is 0 Å². The van der Waals surface area contributed by atoms with Gasteiger partial charge in [-0.15, -0.1) is 0 Å². The van der Waals surface area contributed by atoms with E-state index < -0.39 is 22.5 Å². The van der Waals surface area contributed by atoms with Crippen LogP contribution < -0.4 is 14.4 Å². The summed E-state index contributed by atoms with van der Waals surface area (Å²) < 4.78 is 30.5. The lowest BCUT2D eigenvalue weighted by Crippen LogP contribution is -2.41. The Kier molecular flexibility index (Phi) is 7.61. The topological polar surface area (TPSA) is 75.7 Å². The molecular weight excluding hydrogens is 435 g/mol. The lowest BCUT2D eigenvalue weighted by molar-refractivity contribution is -0.119. The average Bonchev–Trinajstić information content (AvgIpc) is 2.60. The van der Waals surface area contributed by atoms with Gasteiger partial charge in [0.25, 0.3) is 0 Å². The lowest BCUT2D eigenvalue weighted by Gasteiger charge is -2.23. The molecule has 2 aromatic rings. The minimum absolute atomic E-state index is 0.0588. The maximum Gasteiger partial charge on any atom is 0.240 e. The van der Waals surface area contributed by atoms with Gasteiger partial charge in [-0.3, -0.25) is 9.10 Å². The molecule has 0 aliphatic heterocycles. The van der Waals surface area contributed by atoms with Crippen molar-refractivity contribution in [3.63, 3.8) is 0 Å². The summed E-state index contributed by atoms with van der Waals surface area (Å²) in [5, 5.41) is 3.45. The van der Waals surface area contributed by atoms with Crippen LogP contribution >= 0.6 is 34.8 Å². The van der Waals surface area contributed by atoms with Gasteiger partial charge in [-0.1, -0.05) is 40.9 Å². The first kappa shape index (κ1) is 21.6. The molecule has 0 aromatic heterocycles. The van der Waals surface area contributed by atoms with Crippen LogP contribution in [0.15, 0.2) is 42.5 Å². The SMILES string of the molecule is CS(=O)(=O)N(CC(=O)NCCOc1ccc(Cl)cc1)c1cccc(Cl)c1Cl. The maximum atomic E-state index is 12.2. The minimum Gasteiger partial charge on any atom is -0.492 e. The molecule has 0 unspecified atom stereocenters. The van der Waals surface area contributed by atoms with E-state index in [1.54, 1.807) is 30.3 Å². The number of anilines is 1. The van der Waals surface area contributed by atoms with Crippen LogP contribution in [0, 0.1) is 0 Å². The number of carbonyl (C=O) groups is 1. The number of sulfonamides is 1. The summed E-state index contributed by atoms with van der Waals surface area (Å²) in [7, 11) is -3.74. The van der Waals surface area contributed by atoms with Gasteiger partial charge >= 0.3 is 0 Å². The zero-order valence-corrected chi connectivity index (χ0v) is 17.4. The Hall–Kier alpha value is -1.67. The summed E-state index contributed by atoms with van der Waals surface area (Å²) in [6, 6.07) is 11.4. The fourth-order valence-electron chi connectivity index (χ4n) is 2.14. The van der Waals surface area contributed by atoms with E-state index in [9.17, 15) is 13.2 Å². The van der Waals surface area contributed by atoms with Gasteiger partial charge in [0.2, 0.25) is 15.9 Å². The normalized spacial score (nSPS) is 11.1. The van der Waals surface area contributed by atoms with Gasteiger partial charge in [-0.2, -0.15) is 0 Å². The molecule has 0 bridgehead atoms. The molecule has 27 heavy (non-hydrogen) atoms. The third kappa shape index (κ3) is 6.46. The molecule has 1 N–H and O–H groups in total. The van der Waals surface area contributed by atoms with Crippen LogP contribution in [0.5, 0.6) is 5.75 Å². The highest BCUT2D eigenvalue weighted by Gasteiger charge is 2.23. The molecule has 2 rings (SSSR count). The lowest BCUT2D eigenvalue weighted by atomic mass is 10.3. The fourth-order valence-corrected chi connectivity index (χ4v) is 3.58. The van der Waals surface area contributed by atoms with Gasteiger partial charge in [0, 0.05) is 5.02 Å². The van der Waals surface area contributed by atoms with Crippen molar-refractivity contribution in [2.45, 2.75) is 0 Å². The Morgan fingerprint density at radius 3 is 2.41 bits per heavy atom. The van der Waals surface area contributed by atoms with Crippen LogP contribution in [0.3, 0.4) is 0 Å². The molecule has 0 heterocycles. The first-order valence-corrected chi connectivity index (χ1v) is 10.7. The van der Waals surface area contributed by atoms with Crippen LogP contribution in [-0.4, -0.2) is 40.3 Å². The molecule has 0 spiro atoms. The largest absolute Gasteiger partial charge is 0.492 e. The van der Waals surface area contributed by atoms with E-state index in [-0.39, 0.29) is 28.9 Å². The van der Waals surface area contributed by atoms with E-state index in [1.165, 1.54) is 12.1 Å². The summed E-state index contributed by atoms with van der Waals surface area (Å²) in [5.41, 5.74) is 0.138. The van der Waals surface area contributed by atoms with Gasteiger partial charge < -0.3 is 10.1 Å². The number of amides is 1. The van der Waals surface area contributed by atoms with Crippen molar-refractivity contribution in [1.82, 2.24) is 5.32 Å². The predicted octanol–water partition coefficient (Wildman–Crippen LogP) is 3.61. The minimum atomic E-state index is -3.74. The Morgan fingerprint density at radius 1 is 1.11 bits per heavy atom. The smallest absolute Gasteiger partial charge is 0.240 e. The highest BCUT2D eigenvalue weighted by Crippen LogP contribution is 2.33. The third-order valence-corrected chi connectivity index (χ3v) is 5.58. The molecule has 1 amide bonds. The van der Waals surface area contributed by atoms with Crippen molar-refractivity contribution in [3.8, 4) is 5.75 Å². The number of carbonyl (C=O) groups excluding carboxylic acids is 1. The molecule has 10 heteroatoms. The van der Waals surface area contributed by atoms with E-state index in [0.29, 0.717) is 10.8 Å². The summed E-state index contributed by atoms with van der Waals surface area (Å²) in [6.45, 7) is -0.0215. The molecular formula is C17H17Cl3N2O4S. The molecule has 0 fully saturated rings. The van der Waals surface area contributed by atoms with Gasteiger partial charge in [0.1, 0.15) is 18.9 Å².